The minimum atomic E-state index is -1.57. The molecule has 0 aromatic heterocycles. The molecular formula is C25H23ClN4O2. The molecule has 0 bridgehead atoms. The van der Waals surface area contributed by atoms with Gasteiger partial charge in [-0.05, 0) is 30.5 Å². The first-order valence-corrected chi connectivity index (χ1v) is 11.3. The van der Waals surface area contributed by atoms with Crippen molar-refractivity contribution < 1.29 is 9.59 Å². The van der Waals surface area contributed by atoms with E-state index in [1.165, 1.54) is 4.90 Å². The van der Waals surface area contributed by atoms with Gasteiger partial charge in [-0.25, -0.2) is 0 Å². The molecule has 162 valence electrons. The lowest BCUT2D eigenvalue weighted by Gasteiger charge is -2.37. The minimum Gasteiger partial charge on any atom is -0.384 e. The summed E-state index contributed by atoms with van der Waals surface area (Å²) in [6.45, 7) is 0.0931. The molecule has 1 atom stereocenters. The number of fused-ring (bicyclic) bond motifs is 2. The highest BCUT2D eigenvalue weighted by atomic mass is 35.5. The Hall–Kier alpha value is -3.30. The summed E-state index contributed by atoms with van der Waals surface area (Å²) in [5.41, 5.74) is 6.69. The second-order valence-electron chi connectivity index (χ2n) is 8.58. The van der Waals surface area contributed by atoms with E-state index < -0.39 is 5.54 Å². The van der Waals surface area contributed by atoms with Crippen molar-refractivity contribution in [2.75, 3.05) is 0 Å². The van der Waals surface area contributed by atoms with Gasteiger partial charge in [0.25, 0.3) is 11.8 Å². The topological polar surface area (TPSA) is 90.4 Å². The van der Waals surface area contributed by atoms with E-state index in [2.05, 4.69) is 6.07 Å². The molecule has 7 heteroatoms. The summed E-state index contributed by atoms with van der Waals surface area (Å²) < 4.78 is 0. The van der Waals surface area contributed by atoms with Crippen LogP contribution in [0.1, 0.15) is 53.6 Å². The zero-order valence-corrected chi connectivity index (χ0v) is 18.3. The average Bonchev–Trinajstić information content (AvgIpc) is 3.19. The van der Waals surface area contributed by atoms with Crippen molar-refractivity contribution in [3.8, 4) is 6.07 Å². The van der Waals surface area contributed by atoms with Crippen LogP contribution < -0.4 is 5.73 Å². The van der Waals surface area contributed by atoms with Crippen LogP contribution in [0.5, 0.6) is 0 Å². The lowest BCUT2D eigenvalue weighted by molar-refractivity contribution is -0.139. The first-order chi connectivity index (χ1) is 15.5. The SMILES string of the molecule is N#CC1=C(N)N(C2CCCCC2)C(=O)[C@@]12c1ccccc1C(=O)N2Cc1ccccc1Cl. The third-order valence-electron chi connectivity index (χ3n) is 6.94. The van der Waals surface area contributed by atoms with Crippen molar-refractivity contribution in [2.45, 2.75) is 50.2 Å². The maximum absolute atomic E-state index is 14.2. The molecule has 1 spiro atoms. The molecule has 2 aromatic carbocycles. The van der Waals surface area contributed by atoms with Crippen LogP contribution in [0.15, 0.2) is 59.9 Å². The van der Waals surface area contributed by atoms with Gasteiger partial charge < -0.3 is 10.6 Å². The molecule has 6 nitrogen and oxygen atoms in total. The van der Waals surface area contributed by atoms with Crippen molar-refractivity contribution >= 4 is 23.4 Å². The molecule has 32 heavy (non-hydrogen) atoms. The van der Waals surface area contributed by atoms with Crippen LogP contribution in [0.2, 0.25) is 5.02 Å². The first kappa shape index (κ1) is 20.6. The Morgan fingerprint density at radius 1 is 1.06 bits per heavy atom. The van der Waals surface area contributed by atoms with Crippen LogP contribution in [0.3, 0.4) is 0 Å². The van der Waals surface area contributed by atoms with Crippen LogP contribution in [-0.2, 0) is 16.9 Å². The highest BCUT2D eigenvalue weighted by Gasteiger charge is 2.64. The van der Waals surface area contributed by atoms with E-state index >= 15 is 0 Å². The molecule has 3 aliphatic rings. The lowest BCUT2D eigenvalue weighted by Crippen LogP contribution is -2.53. The smallest absolute Gasteiger partial charge is 0.264 e. The van der Waals surface area contributed by atoms with Crippen molar-refractivity contribution in [1.82, 2.24) is 9.80 Å². The summed E-state index contributed by atoms with van der Waals surface area (Å²) in [5.74, 6) is -0.457. The van der Waals surface area contributed by atoms with E-state index in [1.54, 1.807) is 35.2 Å². The molecule has 0 radical (unpaired) electrons. The third kappa shape index (κ3) is 2.71. The van der Waals surface area contributed by atoms with Crippen LogP contribution in [-0.4, -0.2) is 27.7 Å². The van der Waals surface area contributed by atoms with Crippen LogP contribution >= 0.6 is 11.6 Å². The van der Waals surface area contributed by atoms with Gasteiger partial charge in [-0.3, -0.25) is 14.5 Å². The molecule has 1 saturated carbocycles. The Kier molecular flexibility index (Phi) is 4.94. The van der Waals surface area contributed by atoms with Crippen molar-refractivity contribution in [3.63, 3.8) is 0 Å². The Morgan fingerprint density at radius 3 is 2.47 bits per heavy atom. The predicted molar refractivity (Wildman–Crippen MR) is 120 cm³/mol. The number of carbonyl (C=O) groups excluding carboxylic acids is 2. The van der Waals surface area contributed by atoms with Gasteiger partial charge in [-0.1, -0.05) is 67.3 Å². The molecule has 2 N–H and O–H groups in total. The van der Waals surface area contributed by atoms with Crippen molar-refractivity contribution in [2.24, 2.45) is 5.73 Å². The number of rotatable bonds is 3. The van der Waals surface area contributed by atoms with Crippen LogP contribution in [0.4, 0.5) is 0 Å². The van der Waals surface area contributed by atoms with E-state index in [1.807, 2.05) is 18.2 Å². The fourth-order valence-corrected chi connectivity index (χ4v) is 5.65. The van der Waals surface area contributed by atoms with E-state index in [0.717, 1.165) is 32.1 Å². The molecule has 1 fully saturated rings. The fraction of sp³-hybridized carbons (Fsp3) is 0.320. The summed E-state index contributed by atoms with van der Waals surface area (Å²) in [7, 11) is 0. The molecule has 0 unspecified atom stereocenters. The van der Waals surface area contributed by atoms with Crippen LogP contribution in [0.25, 0.3) is 0 Å². The maximum Gasteiger partial charge on any atom is 0.264 e. The second kappa shape index (κ2) is 7.68. The summed E-state index contributed by atoms with van der Waals surface area (Å²) in [5, 5.41) is 10.7. The molecule has 2 amide bonds. The largest absolute Gasteiger partial charge is 0.384 e. The first-order valence-electron chi connectivity index (χ1n) is 10.9. The molecule has 0 saturated heterocycles. The van der Waals surface area contributed by atoms with Gasteiger partial charge in [0.2, 0.25) is 0 Å². The van der Waals surface area contributed by atoms with Gasteiger partial charge in [-0.15, -0.1) is 0 Å². The Morgan fingerprint density at radius 2 is 1.75 bits per heavy atom. The standard InChI is InChI=1S/C25H23ClN4O2/c26-21-13-7-4-8-16(21)15-29-23(31)18-11-5-6-12-19(18)25(29)20(14-27)22(28)30(24(25)32)17-9-2-1-3-10-17/h4-8,11-13,17H,1-3,9-10,15,28H2/t25-/m1/s1. The zero-order chi connectivity index (χ0) is 22.5. The van der Waals surface area contributed by atoms with E-state index in [4.69, 9.17) is 17.3 Å². The Labute approximate surface area is 191 Å². The predicted octanol–water partition coefficient (Wildman–Crippen LogP) is 4.06. The third-order valence-corrected chi connectivity index (χ3v) is 7.31. The van der Waals surface area contributed by atoms with Crippen LogP contribution in [0, 0.1) is 11.3 Å². The number of halogens is 1. The quantitative estimate of drug-likeness (QED) is 0.769. The summed E-state index contributed by atoms with van der Waals surface area (Å²) in [6, 6.07) is 16.4. The number of nitrogens with zero attached hydrogens (tertiary/aromatic N) is 3. The highest BCUT2D eigenvalue weighted by molar-refractivity contribution is 6.31. The van der Waals surface area contributed by atoms with Gasteiger partial charge in [-0.2, -0.15) is 5.26 Å². The van der Waals surface area contributed by atoms with Gasteiger partial charge in [0, 0.05) is 28.7 Å². The highest BCUT2D eigenvalue weighted by Crippen LogP contribution is 2.52. The minimum absolute atomic E-state index is 0.0657. The number of benzene rings is 2. The van der Waals surface area contributed by atoms with E-state index in [-0.39, 0.29) is 35.8 Å². The number of nitriles is 1. The molecule has 2 heterocycles. The Balaban J connectivity index is 1.71. The number of hydrogen-bond donors (Lipinski definition) is 1. The molecule has 2 aliphatic heterocycles. The van der Waals surface area contributed by atoms with Gasteiger partial charge in [0.1, 0.15) is 17.5 Å². The molecular weight excluding hydrogens is 424 g/mol. The molecule has 1 aliphatic carbocycles. The van der Waals surface area contributed by atoms with E-state index in [0.29, 0.717) is 21.7 Å². The van der Waals surface area contributed by atoms with Crippen molar-refractivity contribution in [3.05, 3.63) is 81.6 Å². The summed E-state index contributed by atoms with van der Waals surface area (Å²) in [4.78, 5) is 30.9. The molecule has 5 rings (SSSR count). The second-order valence-corrected chi connectivity index (χ2v) is 8.98. The maximum atomic E-state index is 14.2. The number of carbonyl (C=O) groups is 2. The van der Waals surface area contributed by atoms with Gasteiger partial charge >= 0.3 is 0 Å². The van der Waals surface area contributed by atoms with Crippen molar-refractivity contribution in [1.29, 1.82) is 5.26 Å². The summed E-state index contributed by atoms with van der Waals surface area (Å²) in [6.07, 6.45) is 4.81. The fourth-order valence-electron chi connectivity index (χ4n) is 5.45. The van der Waals surface area contributed by atoms with Gasteiger partial charge in [0.15, 0.2) is 5.54 Å². The Bertz CT molecular complexity index is 1190. The molecule has 2 aromatic rings. The lowest BCUT2D eigenvalue weighted by atomic mass is 9.83. The monoisotopic (exact) mass is 446 g/mol. The summed E-state index contributed by atoms with van der Waals surface area (Å²) >= 11 is 6.41. The number of nitrogens with two attached hydrogens (primary N) is 1. The normalized spacial score (nSPS) is 23.2. The average molecular weight is 447 g/mol. The zero-order valence-electron chi connectivity index (χ0n) is 17.6. The number of amides is 2. The van der Waals surface area contributed by atoms with Gasteiger partial charge in [0.05, 0.1) is 0 Å². The number of hydrogen-bond acceptors (Lipinski definition) is 4. The van der Waals surface area contributed by atoms with E-state index in [9.17, 15) is 14.9 Å².